The van der Waals surface area contributed by atoms with E-state index in [1.807, 2.05) is 6.92 Å². The van der Waals surface area contributed by atoms with Crippen LogP contribution in [0.4, 0.5) is 0 Å². The molecule has 110 valence electrons. The number of rotatable bonds is 11. The standard InChI is InChI=1S/C13H30N2O3/c1-11(2)15(4)7-6-14-8-13(16)10-18-12(3)9-17-5/h11-14,16H,6-10H2,1-5H3. The van der Waals surface area contributed by atoms with Gasteiger partial charge in [-0.3, -0.25) is 0 Å². The van der Waals surface area contributed by atoms with Crippen molar-refractivity contribution in [1.82, 2.24) is 10.2 Å². The second-order valence-corrected chi connectivity index (χ2v) is 5.03. The average molecular weight is 262 g/mol. The zero-order valence-corrected chi connectivity index (χ0v) is 12.5. The first-order chi connectivity index (χ1) is 8.47. The van der Waals surface area contributed by atoms with Gasteiger partial charge in [-0.25, -0.2) is 0 Å². The number of aliphatic hydroxyl groups is 1. The molecule has 0 aliphatic rings. The first-order valence-electron chi connectivity index (χ1n) is 6.67. The second kappa shape index (κ2) is 10.7. The molecule has 0 aromatic carbocycles. The van der Waals surface area contributed by atoms with Crippen molar-refractivity contribution in [1.29, 1.82) is 0 Å². The van der Waals surface area contributed by atoms with Crippen molar-refractivity contribution in [2.75, 3.05) is 47.0 Å². The molecule has 0 aromatic rings. The number of nitrogens with zero attached hydrogens (tertiary/aromatic N) is 1. The van der Waals surface area contributed by atoms with E-state index in [1.54, 1.807) is 7.11 Å². The van der Waals surface area contributed by atoms with Gasteiger partial charge >= 0.3 is 0 Å². The maximum atomic E-state index is 9.70. The monoisotopic (exact) mass is 262 g/mol. The summed E-state index contributed by atoms with van der Waals surface area (Å²) in [5.74, 6) is 0. The second-order valence-electron chi connectivity index (χ2n) is 5.03. The first-order valence-corrected chi connectivity index (χ1v) is 6.67. The van der Waals surface area contributed by atoms with E-state index in [9.17, 15) is 5.11 Å². The summed E-state index contributed by atoms with van der Waals surface area (Å²) in [6.07, 6.45) is -0.439. The summed E-state index contributed by atoms with van der Waals surface area (Å²) < 4.78 is 10.4. The summed E-state index contributed by atoms with van der Waals surface area (Å²) >= 11 is 0. The summed E-state index contributed by atoms with van der Waals surface area (Å²) in [7, 11) is 3.74. The zero-order chi connectivity index (χ0) is 14.0. The summed E-state index contributed by atoms with van der Waals surface area (Å²) in [6.45, 7) is 9.58. The van der Waals surface area contributed by atoms with Crippen molar-refractivity contribution < 1.29 is 14.6 Å². The number of methoxy groups -OCH3 is 1. The topological polar surface area (TPSA) is 54.0 Å². The number of likely N-dealkylation sites (N-methyl/N-ethyl adjacent to an activating group) is 1. The quantitative estimate of drug-likeness (QED) is 0.526. The molecule has 0 spiro atoms. The highest BCUT2D eigenvalue weighted by Crippen LogP contribution is 1.94. The molecule has 2 atom stereocenters. The van der Waals surface area contributed by atoms with Crippen molar-refractivity contribution in [2.24, 2.45) is 0 Å². The van der Waals surface area contributed by atoms with Crippen LogP contribution in [0.3, 0.4) is 0 Å². The Morgan fingerprint density at radius 3 is 2.44 bits per heavy atom. The highest BCUT2D eigenvalue weighted by atomic mass is 16.5. The molecule has 0 saturated carbocycles. The zero-order valence-electron chi connectivity index (χ0n) is 12.5. The predicted octanol–water partition coefficient (Wildman–Crippen LogP) is 0.329. The Labute approximate surface area is 111 Å². The van der Waals surface area contributed by atoms with Gasteiger partial charge in [0.25, 0.3) is 0 Å². The summed E-state index contributed by atoms with van der Waals surface area (Å²) in [4.78, 5) is 2.26. The van der Waals surface area contributed by atoms with Crippen LogP contribution in [0.5, 0.6) is 0 Å². The van der Waals surface area contributed by atoms with Gasteiger partial charge < -0.3 is 24.8 Å². The molecule has 0 amide bonds. The molecular weight excluding hydrogens is 232 g/mol. The molecule has 0 bridgehead atoms. The number of hydrogen-bond acceptors (Lipinski definition) is 5. The molecule has 0 rings (SSSR count). The fraction of sp³-hybridized carbons (Fsp3) is 1.00. The number of nitrogens with one attached hydrogen (secondary N) is 1. The fourth-order valence-electron chi connectivity index (χ4n) is 1.40. The maximum absolute atomic E-state index is 9.70. The SMILES string of the molecule is COCC(C)OCC(O)CNCCN(C)C(C)C. The van der Waals surface area contributed by atoms with Crippen LogP contribution in [0.2, 0.25) is 0 Å². The van der Waals surface area contributed by atoms with Crippen molar-refractivity contribution in [3.8, 4) is 0 Å². The van der Waals surface area contributed by atoms with Gasteiger partial charge in [-0.05, 0) is 27.8 Å². The van der Waals surface area contributed by atoms with Gasteiger partial charge in [0.15, 0.2) is 0 Å². The van der Waals surface area contributed by atoms with Crippen LogP contribution in [-0.2, 0) is 9.47 Å². The number of hydrogen-bond donors (Lipinski definition) is 2. The van der Waals surface area contributed by atoms with Crippen LogP contribution < -0.4 is 5.32 Å². The van der Waals surface area contributed by atoms with E-state index in [2.05, 4.69) is 31.1 Å². The predicted molar refractivity (Wildman–Crippen MR) is 73.9 cm³/mol. The van der Waals surface area contributed by atoms with E-state index in [0.717, 1.165) is 13.1 Å². The number of aliphatic hydroxyl groups excluding tert-OH is 1. The molecule has 0 radical (unpaired) electrons. The largest absolute Gasteiger partial charge is 0.389 e. The molecule has 0 aliphatic heterocycles. The van der Waals surface area contributed by atoms with E-state index in [1.165, 1.54) is 0 Å². The molecular formula is C13H30N2O3. The van der Waals surface area contributed by atoms with E-state index in [0.29, 0.717) is 25.8 Å². The highest BCUT2D eigenvalue weighted by Gasteiger charge is 2.08. The molecule has 2 unspecified atom stereocenters. The lowest BCUT2D eigenvalue weighted by Gasteiger charge is -2.21. The van der Waals surface area contributed by atoms with Crippen molar-refractivity contribution in [3.05, 3.63) is 0 Å². The Kier molecular flexibility index (Phi) is 10.6. The third-order valence-electron chi connectivity index (χ3n) is 2.88. The Bertz CT molecular complexity index is 191. The van der Waals surface area contributed by atoms with Crippen molar-refractivity contribution in [3.63, 3.8) is 0 Å². The minimum absolute atomic E-state index is 0.0247. The molecule has 5 heteroatoms. The molecule has 0 aliphatic carbocycles. The molecule has 5 nitrogen and oxygen atoms in total. The normalized spacial score (nSPS) is 15.3. The molecule has 0 aromatic heterocycles. The Balaban J connectivity index is 3.45. The first kappa shape index (κ1) is 17.8. The van der Waals surface area contributed by atoms with Gasteiger partial charge in [-0.15, -0.1) is 0 Å². The highest BCUT2D eigenvalue weighted by molar-refractivity contribution is 4.63. The summed E-state index contributed by atoms with van der Waals surface area (Å²) in [5.41, 5.74) is 0. The van der Waals surface area contributed by atoms with Crippen LogP contribution in [0.25, 0.3) is 0 Å². The smallest absolute Gasteiger partial charge is 0.0897 e. The number of ether oxygens (including phenoxy) is 2. The third kappa shape index (κ3) is 9.79. The van der Waals surface area contributed by atoms with Gasteiger partial charge in [0, 0.05) is 32.8 Å². The molecule has 2 N–H and O–H groups in total. The van der Waals surface area contributed by atoms with Crippen LogP contribution in [-0.4, -0.2) is 75.3 Å². The minimum Gasteiger partial charge on any atom is -0.389 e. The van der Waals surface area contributed by atoms with Crippen LogP contribution in [0, 0.1) is 0 Å². The third-order valence-corrected chi connectivity index (χ3v) is 2.88. The lowest BCUT2D eigenvalue weighted by atomic mass is 10.3. The van der Waals surface area contributed by atoms with Crippen molar-refractivity contribution in [2.45, 2.75) is 39.0 Å². The Morgan fingerprint density at radius 2 is 1.89 bits per heavy atom. The molecule has 0 fully saturated rings. The van der Waals surface area contributed by atoms with Gasteiger partial charge in [0.2, 0.25) is 0 Å². The van der Waals surface area contributed by atoms with Gasteiger partial charge in [-0.2, -0.15) is 0 Å². The van der Waals surface area contributed by atoms with Gasteiger partial charge in [0.05, 0.1) is 25.4 Å². The Hall–Kier alpha value is -0.200. The maximum Gasteiger partial charge on any atom is 0.0897 e. The van der Waals surface area contributed by atoms with E-state index in [-0.39, 0.29) is 6.10 Å². The van der Waals surface area contributed by atoms with Crippen molar-refractivity contribution >= 4 is 0 Å². The Morgan fingerprint density at radius 1 is 1.22 bits per heavy atom. The molecule has 0 saturated heterocycles. The lowest BCUT2D eigenvalue weighted by molar-refractivity contribution is -0.0311. The van der Waals surface area contributed by atoms with Gasteiger partial charge in [0.1, 0.15) is 0 Å². The van der Waals surface area contributed by atoms with E-state index >= 15 is 0 Å². The van der Waals surface area contributed by atoms with Crippen LogP contribution in [0.15, 0.2) is 0 Å². The lowest BCUT2D eigenvalue weighted by Crippen LogP contribution is -2.38. The summed E-state index contributed by atoms with van der Waals surface area (Å²) in [6, 6.07) is 0.551. The van der Waals surface area contributed by atoms with E-state index < -0.39 is 6.10 Å². The molecule has 18 heavy (non-hydrogen) atoms. The van der Waals surface area contributed by atoms with Crippen LogP contribution >= 0.6 is 0 Å². The van der Waals surface area contributed by atoms with E-state index in [4.69, 9.17) is 9.47 Å². The average Bonchev–Trinajstić information content (AvgIpc) is 2.32. The molecule has 0 heterocycles. The summed E-state index contributed by atoms with van der Waals surface area (Å²) in [5, 5.41) is 12.9. The fourth-order valence-corrected chi connectivity index (χ4v) is 1.40. The van der Waals surface area contributed by atoms with Gasteiger partial charge in [-0.1, -0.05) is 0 Å². The minimum atomic E-state index is -0.464. The van der Waals surface area contributed by atoms with Crippen LogP contribution in [0.1, 0.15) is 20.8 Å².